The topological polar surface area (TPSA) is 43.6 Å². The molecule has 1 amide bonds. The maximum atomic E-state index is 13.3. The van der Waals surface area contributed by atoms with Gasteiger partial charge in [-0.15, -0.1) is 0 Å². The number of carbonyl (C=O) groups excluding carboxylic acids is 1. The summed E-state index contributed by atoms with van der Waals surface area (Å²) in [5, 5.41) is 0. The lowest BCUT2D eigenvalue weighted by atomic mass is 9.91. The molecule has 0 saturated carbocycles. The average Bonchev–Trinajstić information content (AvgIpc) is 3.06. The maximum absolute atomic E-state index is 13.3. The van der Waals surface area contributed by atoms with Crippen molar-refractivity contribution in [2.75, 3.05) is 6.61 Å². The molecular formula is C24H22N2O2S. The predicted octanol–water partition coefficient (Wildman–Crippen LogP) is 4.90. The van der Waals surface area contributed by atoms with Gasteiger partial charge in [-0.25, -0.2) is 0 Å². The van der Waals surface area contributed by atoms with Crippen LogP contribution >= 0.6 is 11.3 Å². The molecule has 5 heteroatoms. The van der Waals surface area contributed by atoms with E-state index in [0.717, 1.165) is 27.1 Å². The Hall–Kier alpha value is -3.18. The first-order chi connectivity index (χ1) is 14.2. The van der Waals surface area contributed by atoms with Gasteiger partial charge in [0.25, 0.3) is 5.91 Å². The summed E-state index contributed by atoms with van der Waals surface area (Å²) in [6.07, 6.45) is 0. The fraction of sp³-hybridized carbons (Fsp3) is 0.167. The molecule has 0 aliphatic rings. The van der Waals surface area contributed by atoms with E-state index in [9.17, 15) is 4.79 Å². The van der Waals surface area contributed by atoms with Crippen LogP contribution in [0.2, 0.25) is 0 Å². The van der Waals surface area contributed by atoms with Crippen molar-refractivity contribution in [3.8, 4) is 5.75 Å². The zero-order chi connectivity index (χ0) is 20.2. The van der Waals surface area contributed by atoms with E-state index in [4.69, 9.17) is 4.74 Å². The molecule has 0 aliphatic carbocycles. The van der Waals surface area contributed by atoms with Gasteiger partial charge in [-0.3, -0.25) is 4.79 Å². The van der Waals surface area contributed by atoms with Crippen LogP contribution in [-0.4, -0.2) is 17.1 Å². The molecule has 0 radical (unpaired) electrons. The van der Waals surface area contributed by atoms with Crippen LogP contribution < -0.4 is 9.54 Å². The molecule has 1 aromatic heterocycles. The molecule has 1 heterocycles. The van der Waals surface area contributed by atoms with E-state index in [1.807, 2.05) is 97.4 Å². The van der Waals surface area contributed by atoms with Crippen LogP contribution in [0.15, 0.2) is 83.9 Å². The second-order valence-electron chi connectivity index (χ2n) is 6.68. The lowest BCUT2D eigenvalue weighted by Crippen LogP contribution is -2.18. The molecule has 0 fully saturated rings. The molecule has 29 heavy (non-hydrogen) atoms. The summed E-state index contributed by atoms with van der Waals surface area (Å²) < 4.78 is 8.75. The van der Waals surface area contributed by atoms with E-state index in [-0.39, 0.29) is 5.91 Å². The highest BCUT2D eigenvalue weighted by Gasteiger charge is 2.22. The molecule has 0 atom stereocenters. The van der Waals surface area contributed by atoms with Crippen LogP contribution in [0.1, 0.15) is 24.0 Å². The monoisotopic (exact) mass is 402 g/mol. The smallest absolute Gasteiger partial charge is 0.260 e. The molecule has 4 aromatic rings. The van der Waals surface area contributed by atoms with Gasteiger partial charge >= 0.3 is 0 Å². The van der Waals surface area contributed by atoms with E-state index in [1.165, 1.54) is 11.3 Å². The lowest BCUT2D eigenvalue weighted by Gasteiger charge is -2.14. The van der Waals surface area contributed by atoms with Crippen LogP contribution in [-0.2, 0) is 11.8 Å². The third kappa shape index (κ3) is 3.87. The number of hydrogen-bond acceptors (Lipinski definition) is 3. The van der Waals surface area contributed by atoms with Gasteiger partial charge < -0.3 is 9.30 Å². The van der Waals surface area contributed by atoms with Gasteiger partial charge in [-0.05, 0) is 30.2 Å². The number of rotatable bonds is 5. The summed E-state index contributed by atoms with van der Waals surface area (Å²) in [5.74, 6) is 0.191. The van der Waals surface area contributed by atoms with Crippen molar-refractivity contribution in [2.45, 2.75) is 12.8 Å². The van der Waals surface area contributed by atoms with Gasteiger partial charge in [-0.1, -0.05) is 78.1 Å². The molecule has 0 saturated heterocycles. The first-order valence-corrected chi connectivity index (χ1v) is 10.4. The molecule has 0 aliphatic heterocycles. The summed E-state index contributed by atoms with van der Waals surface area (Å²) in [6, 6.07) is 25.5. The van der Waals surface area contributed by atoms with Crippen molar-refractivity contribution < 1.29 is 9.53 Å². The van der Waals surface area contributed by atoms with E-state index in [2.05, 4.69) is 4.99 Å². The third-order valence-electron chi connectivity index (χ3n) is 4.80. The number of benzene rings is 3. The average molecular weight is 403 g/mol. The summed E-state index contributed by atoms with van der Waals surface area (Å²) in [6.45, 7) is 2.55. The van der Waals surface area contributed by atoms with Gasteiger partial charge in [0.1, 0.15) is 11.3 Å². The van der Waals surface area contributed by atoms with E-state index in [0.29, 0.717) is 11.4 Å². The standard InChI is InChI=1S/C24H22N2O2S/c1-3-28-19-15-10-16-20-22(19)26(2)24(29-20)25-23(27)21(17-11-6-4-7-12-17)18-13-8-5-9-14-18/h4-16,21H,3H2,1-2H3. The molecule has 0 N–H and O–H groups in total. The van der Waals surface area contributed by atoms with Crippen LogP contribution in [0.5, 0.6) is 5.75 Å². The van der Waals surface area contributed by atoms with Gasteiger partial charge in [0.05, 0.1) is 17.2 Å². The van der Waals surface area contributed by atoms with Gasteiger partial charge in [0.15, 0.2) is 4.80 Å². The Morgan fingerprint density at radius 2 is 1.59 bits per heavy atom. The third-order valence-corrected chi connectivity index (χ3v) is 5.90. The van der Waals surface area contributed by atoms with Crippen LogP contribution in [0.3, 0.4) is 0 Å². The Kier molecular flexibility index (Phi) is 5.58. The fourth-order valence-corrected chi connectivity index (χ4v) is 4.52. The number of fused-ring (bicyclic) bond motifs is 1. The molecule has 0 unspecified atom stereocenters. The summed E-state index contributed by atoms with van der Waals surface area (Å²) in [5.41, 5.74) is 2.83. The van der Waals surface area contributed by atoms with Crippen molar-refractivity contribution in [2.24, 2.45) is 12.0 Å². The van der Waals surface area contributed by atoms with Gasteiger partial charge in [0, 0.05) is 7.05 Å². The number of aromatic nitrogens is 1. The van der Waals surface area contributed by atoms with Crippen molar-refractivity contribution in [3.63, 3.8) is 0 Å². The van der Waals surface area contributed by atoms with Crippen molar-refractivity contribution >= 4 is 27.5 Å². The SMILES string of the molecule is CCOc1cccc2sc(=NC(=O)C(c3ccccc3)c3ccccc3)n(C)c12. The van der Waals surface area contributed by atoms with Crippen molar-refractivity contribution in [3.05, 3.63) is 94.8 Å². The number of ether oxygens (including phenoxy) is 1. The summed E-state index contributed by atoms with van der Waals surface area (Å²) in [7, 11) is 1.92. The van der Waals surface area contributed by atoms with E-state index >= 15 is 0 Å². The van der Waals surface area contributed by atoms with Gasteiger partial charge in [0.2, 0.25) is 0 Å². The van der Waals surface area contributed by atoms with Gasteiger partial charge in [-0.2, -0.15) is 4.99 Å². The Labute approximate surface area is 173 Å². The number of nitrogens with zero attached hydrogens (tertiary/aromatic N) is 2. The minimum Gasteiger partial charge on any atom is -0.492 e. The zero-order valence-corrected chi connectivity index (χ0v) is 17.2. The molecule has 4 rings (SSSR count). The Morgan fingerprint density at radius 3 is 2.17 bits per heavy atom. The highest BCUT2D eigenvalue weighted by molar-refractivity contribution is 7.16. The number of amides is 1. The molecular weight excluding hydrogens is 380 g/mol. The highest BCUT2D eigenvalue weighted by Crippen LogP contribution is 2.28. The zero-order valence-electron chi connectivity index (χ0n) is 16.4. The Bertz CT molecular complexity index is 1150. The molecule has 146 valence electrons. The number of carbonyl (C=O) groups is 1. The minimum atomic E-state index is -0.436. The predicted molar refractivity (Wildman–Crippen MR) is 117 cm³/mol. The first kappa shape index (κ1) is 19.2. The summed E-state index contributed by atoms with van der Waals surface area (Å²) >= 11 is 1.50. The van der Waals surface area contributed by atoms with Crippen molar-refractivity contribution in [1.82, 2.24) is 4.57 Å². The highest BCUT2D eigenvalue weighted by atomic mass is 32.1. The van der Waals surface area contributed by atoms with Crippen LogP contribution in [0, 0.1) is 0 Å². The number of hydrogen-bond donors (Lipinski definition) is 0. The Morgan fingerprint density at radius 1 is 0.966 bits per heavy atom. The second kappa shape index (κ2) is 8.45. The summed E-state index contributed by atoms with van der Waals surface area (Å²) in [4.78, 5) is 18.5. The Balaban J connectivity index is 1.83. The lowest BCUT2D eigenvalue weighted by molar-refractivity contribution is -0.118. The molecule has 4 nitrogen and oxygen atoms in total. The first-order valence-electron chi connectivity index (χ1n) is 9.59. The van der Waals surface area contributed by atoms with Crippen LogP contribution in [0.25, 0.3) is 10.2 Å². The molecule has 3 aromatic carbocycles. The maximum Gasteiger partial charge on any atom is 0.260 e. The van der Waals surface area contributed by atoms with Crippen LogP contribution in [0.4, 0.5) is 0 Å². The normalized spacial score (nSPS) is 11.9. The largest absolute Gasteiger partial charge is 0.492 e. The van der Waals surface area contributed by atoms with E-state index in [1.54, 1.807) is 0 Å². The quantitative estimate of drug-likeness (QED) is 0.477. The van der Waals surface area contributed by atoms with Crippen molar-refractivity contribution in [1.29, 1.82) is 0 Å². The minimum absolute atomic E-state index is 0.178. The number of aryl methyl sites for hydroxylation is 1. The van der Waals surface area contributed by atoms with E-state index < -0.39 is 5.92 Å². The number of para-hydroxylation sites is 1. The number of thiazole rings is 1. The molecule has 0 spiro atoms. The second-order valence-corrected chi connectivity index (χ2v) is 7.69. The molecule has 0 bridgehead atoms. The fourth-order valence-electron chi connectivity index (χ4n) is 3.47.